The Labute approximate surface area is 138 Å². The van der Waals surface area contributed by atoms with Crippen molar-refractivity contribution in [3.63, 3.8) is 0 Å². The number of hydrogen-bond acceptors (Lipinski definition) is 5. The minimum Gasteiger partial charge on any atom is -0.488 e. The van der Waals surface area contributed by atoms with Crippen molar-refractivity contribution in [2.45, 2.75) is 19.1 Å². The van der Waals surface area contributed by atoms with Gasteiger partial charge in [0, 0.05) is 22.0 Å². The maximum Gasteiger partial charge on any atom is 0.261 e. The Hall–Kier alpha value is -1.86. The Bertz CT molecular complexity index is 885. The van der Waals surface area contributed by atoms with E-state index in [0.717, 1.165) is 21.8 Å². The highest BCUT2D eigenvalue weighted by atomic mass is 32.2. The maximum atomic E-state index is 12.4. The molecule has 23 heavy (non-hydrogen) atoms. The van der Waals surface area contributed by atoms with Gasteiger partial charge >= 0.3 is 0 Å². The molecular weight excluding hydrogens is 334 g/mol. The summed E-state index contributed by atoms with van der Waals surface area (Å²) >= 11 is 1.43. The summed E-state index contributed by atoms with van der Waals surface area (Å²) < 4.78 is 28.7. The van der Waals surface area contributed by atoms with Gasteiger partial charge in [-0.15, -0.1) is 11.3 Å². The van der Waals surface area contributed by atoms with Crippen LogP contribution in [0, 0.1) is 0 Å². The van der Waals surface area contributed by atoms with Crippen molar-refractivity contribution >= 4 is 27.1 Å². The van der Waals surface area contributed by atoms with Crippen LogP contribution in [0.3, 0.4) is 0 Å². The standard InChI is InChI=1S/C16H15NO4S2/c18-16(17-11-5-6-23(19,20)9-11)14-7-10-8-21-13-4-2-1-3-12(13)15(10)22-14/h1-4,7,11H,5-6,8-9H2,(H,17,18)/t11-/m0/s1. The lowest BCUT2D eigenvalue weighted by Crippen LogP contribution is -2.35. The number of benzene rings is 1. The van der Waals surface area contributed by atoms with Gasteiger partial charge in [-0.25, -0.2) is 8.42 Å². The van der Waals surface area contributed by atoms with Gasteiger partial charge < -0.3 is 10.1 Å². The van der Waals surface area contributed by atoms with E-state index in [2.05, 4.69) is 5.32 Å². The van der Waals surface area contributed by atoms with Gasteiger partial charge in [0.05, 0.1) is 16.4 Å². The number of carbonyl (C=O) groups is 1. The molecule has 0 radical (unpaired) electrons. The normalized spacial score (nSPS) is 21.1. The highest BCUT2D eigenvalue weighted by Crippen LogP contribution is 2.42. The van der Waals surface area contributed by atoms with Crippen LogP contribution in [0.2, 0.25) is 0 Å². The Kier molecular flexibility index (Phi) is 3.42. The van der Waals surface area contributed by atoms with E-state index < -0.39 is 9.84 Å². The monoisotopic (exact) mass is 349 g/mol. The molecule has 3 heterocycles. The molecule has 2 aliphatic rings. The molecule has 120 valence electrons. The fraction of sp³-hybridized carbons (Fsp3) is 0.312. The maximum absolute atomic E-state index is 12.4. The molecule has 0 aliphatic carbocycles. The van der Waals surface area contributed by atoms with E-state index in [9.17, 15) is 13.2 Å². The lowest BCUT2D eigenvalue weighted by molar-refractivity contribution is 0.0945. The van der Waals surface area contributed by atoms with E-state index in [-0.39, 0.29) is 23.5 Å². The molecule has 1 amide bonds. The first-order chi connectivity index (χ1) is 11.0. The van der Waals surface area contributed by atoms with Gasteiger partial charge in [0.15, 0.2) is 9.84 Å². The number of nitrogens with one attached hydrogen (secondary N) is 1. The van der Waals surface area contributed by atoms with Crippen molar-refractivity contribution in [1.82, 2.24) is 5.32 Å². The molecule has 2 aromatic rings. The summed E-state index contributed by atoms with van der Waals surface area (Å²) in [5, 5.41) is 2.84. The third-order valence-corrected chi connectivity index (χ3v) is 7.09. The molecule has 0 spiro atoms. The third kappa shape index (κ3) is 2.74. The van der Waals surface area contributed by atoms with Gasteiger partial charge in [-0.2, -0.15) is 0 Å². The first-order valence-corrected chi connectivity index (χ1v) is 10.0. The molecule has 2 aliphatic heterocycles. The summed E-state index contributed by atoms with van der Waals surface area (Å²) in [6, 6.07) is 9.33. The first kappa shape index (κ1) is 14.7. The van der Waals surface area contributed by atoms with Crippen LogP contribution >= 0.6 is 11.3 Å². The van der Waals surface area contributed by atoms with Crippen molar-refractivity contribution in [3.05, 3.63) is 40.8 Å². The van der Waals surface area contributed by atoms with Crippen molar-refractivity contribution in [3.8, 4) is 16.2 Å². The summed E-state index contributed by atoms with van der Waals surface area (Å²) in [6.07, 6.45) is 0.491. The predicted octanol–water partition coefficient (Wildman–Crippen LogP) is 2.22. The molecule has 5 nitrogen and oxygen atoms in total. The van der Waals surface area contributed by atoms with Crippen molar-refractivity contribution in [2.24, 2.45) is 0 Å². The van der Waals surface area contributed by atoms with E-state index >= 15 is 0 Å². The largest absolute Gasteiger partial charge is 0.488 e. The SMILES string of the molecule is O=C(N[C@H]1CCS(=O)(=O)C1)c1cc2c(s1)-c1ccccc1OC2. The van der Waals surface area contributed by atoms with E-state index in [1.165, 1.54) is 11.3 Å². The number of para-hydroxylation sites is 1. The molecule has 1 aromatic carbocycles. The Balaban J connectivity index is 1.58. The van der Waals surface area contributed by atoms with Crippen LogP contribution in [0.25, 0.3) is 10.4 Å². The summed E-state index contributed by atoms with van der Waals surface area (Å²) in [6.45, 7) is 0.452. The van der Waals surface area contributed by atoms with Crippen LogP contribution < -0.4 is 10.1 Å². The molecule has 1 saturated heterocycles. The van der Waals surface area contributed by atoms with Gasteiger partial charge in [-0.05, 0) is 24.6 Å². The zero-order valence-electron chi connectivity index (χ0n) is 12.2. The molecule has 1 N–H and O–H groups in total. The number of thiophene rings is 1. The zero-order chi connectivity index (χ0) is 16.0. The first-order valence-electron chi connectivity index (χ1n) is 7.38. The van der Waals surface area contributed by atoms with E-state index in [4.69, 9.17) is 4.74 Å². The zero-order valence-corrected chi connectivity index (χ0v) is 13.9. The average molecular weight is 349 g/mol. The van der Waals surface area contributed by atoms with Gasteiger partial charge in [0.25, 0.3) is 5.91 Å². The summed E-state index contributed by atoms with van der Waals surface area (Å²) in [5.74, 6) is 0.815. The van der Waals surface area contributed by atoms with Gasteiger partial charge in [-0.3, -0.25) is 4.79 Å². The smallest absolute Gasteiger partial charge is 0.261 e. The van der Waals surface area contributed by atoms with Crippen LogP contribution in [0.4, 0.5) is 0 Å². The predicted molar refractivity (Wildman–Crippen MR) is 88.6 cm³/mol. The fourth-order valence-corrected chi connectivity index (χ4v) is 5.75. The second kappa shape index (κ2) is 5.35. The van der Waals surface area contributed by atoms with Gasteiger partial charge in [0.2, 0.25) is 0 Å². The summed E-state index contributed by atoms with van der Waals surface area (Å²) in [7, 11) is -3.00. The van der Waals surface area contributed by atoms with Crippen molar-refractivity contribution < 1.29 is 17.9 Å². The van der Waals surface area contributed by atoms with Crippen LogP contribution in [-0.2, 0) is 16.4 Å². The highest BCUT2D eigenvalue weighted by molar-refractivity contribution is 7.91. The second-order valence-electron chi connectivity index (χ2n) is 5.82. The number of fused-ring (bicyclic) bond motifs is 3. The summed E-state index contributed by atoms with van der Waals surface area (Å²) in [4.78, 5) is 14.1. The molecule has 0 unspecified atom stereocenters. The quantitative estimate of drug-likeness (QED) is 0.902. The highest BCUT2D eigenvalue weighted by Gasteiger charge is 2.30. The van der Waals surface area contributed by atoms with Gasteiger partial charge in [0.1, 0.15) is 12.4 Å². The second-order valence-corrected chi connectivity index (χ2v) is 9.10. The minimum atomic E-state index is -3.00. The number of ether oxygens (including phenoxy) is 1. The number of rotatable bonds is 2. The molecule has 0 saturated carbocycles. The number of hydrogen-bond donors (Lipinski definition) is 1. The molecule has 1 aromatic heterocycles. The average Bonchev–Trinajstić information content (AvgIpc) is 3.10. The van der Waals surface area contributed by atoms with E-state index in [1.807, 2.05) is 30.3 Å². The molecule has 4 rings (SSSR count). The third-order valence-electron chi connectivity index (χ3n) is 4.12. The van der Waals surface area contributed by atoms with Crippen LogP contribution in [0.1, 0.15) is 21.7 Å². The topological polar surface area (TPSA) is 72.5 Å². The Morgan fingerprint density at radius 3 is 2.91 bits per heavy atom. The number of carbonyl (C=O) groups excluding carboxylic acids is 1. The molecule has 7 heteroatoms. The molecule has 0 bridgehead atoms. The number of sulfone groups is 1. The molecule has 1 atom stereocenters. The Morgan fingerprint density at radius 2 is 2.13 bits per heavy atom. The summed E-state index contributed by atoms with van der Waals surface area (Å²) in [5.41, 5.74) is 2.00. The fourth-order valence-electron chi connectivity index (χ4n) is 2.98. The minimum absolute atomic E-state index is 0.0375. The van der Waals surface area contributed by atoms with Crippen LogP contribution in [0.15, 0.2) is 30.3 Å². The molecule has 1 fully saturated rings. The van der Waals surface area contributed by atoms with Crippen molar-refractivity contribution in [2.75, 3.05) is 11.5 Å². The lowest BCUT2D eigenvalue weighted by Gasteiger charge is -2.16. The Morgan fingerprint density at radius 1 is 1.30 bits per heavy atom. The van der Waals surface area contributed by atoms with E-state index in [0.29, 0.717) is 17.9 Å². The van der Waals surface area contributed by atoms with Crippen LogP contribution in [-0.4, -0.2) is 31.9 Å². The van der Waals surface area contributed by atoms with Crippen molar-refractivity contribution in [1.29, 1.82) is 0 Å². The molecular formula is C16H15NO4S2. The van der Waals surface area contributed by atoms with Gasteiger partial charge in [-0.1, -0.05) is 12.1 Å². The number of amides is 1. The lowest BCUT2D eigenvalue weighted by atomic mass is 10.1. The van der Waals surface area contributed by atoms with Crippen LogP contribution in [0.5, 0.6) is 5.75 Å². The van der Waals surface area contributed by atoms with E-state index in [1.54, 1.807) is 0 Å².